The van der Waals surface area contributed by atoms with Gasteiger partial charge in [-0.25, -0.2) is 0 Å². The molecule has 6 heteroatoms. The summed E-state index contributed by atoms with van der Waals surface area (Å²) in [5.74, 6) is 0. The van der Waals surface area contributed by atoms with Crippen LogP contribution in [0.5, 0.6) is 0 Å². The molecule has 2 N–H and O–H groups in total. The van der Waals surface area contributed by atoms with Gasteiger partial charge in [-0.3, -0.25) is 15.1 Å². The van der Waals surface area contributed by atoms with Gasteiger partial charge in [-0.05, 0) is 37.1 Å². The van der Waals surface area contributed by atoms with E-state index in [-0.39, 0.29) is 5.69 Å². The van der Waals surface area contributed by atoms with E-state index in [1.807, 2.05) is 0 Å². The number of pyridine rings is 1. The molecular weight excluding hydrogens is 270 g/mol. The monoisotopic (exact) mass is 287 g/mol. The Bertz CT molecular complexity index is 681. The number of fused-ring (bicyclic) bond motifs is 1. The van der Waals surface area contributed by atoms with Crippen LogP contribution >= 0.6 is 0 Å². The summed E-state index contributed by atoms with van der Waals surface area (Å²) >= 11 is 0. The molecule has 110 valence electrons. The van der Waals surface area contributed by atoms with Gasteiger partial charge in [-0.1, -0.05) is 12.8 Å². The van der Waals surface area contributed by atoms with Crippen molar-refractivity contribution in [3.05, 3.63) is 40.6 Å². The van der Waals surface area contributed by atoms with Gasteiger partial charge in [0, 0.05) is 12.7 Å². The molecule has 3 rings (SSSR count). The molecule has 2 aromatic rings. The first-order valence-corrected chi connectivity index (χ1v) is 7.07. The van der Waals surface area contributed by atoms with E-state index in [1.54, 1.807) is 30.5 Å². The standard InChI is InChI=1S/C15H17N3O3/c19-15(7-1-2-8-15)10-17-13-6-5-12-11(4-3-9-16-12)14(13)18(20)21/h3-6,9,17,19H,1-2,7-8,10H2. The van der Waals surface area contributed by atoms with Crippen molar-refractivity contribution < 1.29 is 10.0 Å². The quantitative estimate of drug-likeness (QED) is 0.666. The summed E-state index contributed by atoms with van der Waals surface area (Å²) in [4.78, 5) is 15.1. The lowest BCUT2D eigenvalue weighted by atomic mass is 10.0. The maximum Gasteiger partial charge on any atom is 0.301 e. The summed E-state index contributed by atoms with van der Waals surface area (Å²) in [7, 11) is 0. The number of aliphatic hydroxyl groups is 1. The number of nitro groups is 1. The lowest BCUT2D eigenvalue weighted by molar-refractivity contribution is -0.382. The first kappa shape index (κ1) is 13.8. The van der Waals surface area contributed by atoms with Gasteiger partial charge in [0.05, 0.1) is 21.4 Å². The Kier molecular flexibility index (Phi) is 3.47. The van der Waals surface area contributed by atoms with Gasteiger partial charge < -0.3 is 10.4 Å². The zero-order valence-corrected chi connectivity index (χ0v) is 11.6. The fourth-order valence-electron chi connectivity index (χ4n) is 2.95. The van der Waals surface area contributed by atoms with Crippen LogP contribution in [0.25, 0.3) is 10.9 Å². The summed E-state index contributed by atoms with van der Waals surface area (Å²) in [5.41, 5.74) is 0.287. The molecular formula is C15H17N3O3. The molecule has 21 heavy (non-hydrogen) atoms. The van der Waals surface area contributed by atoms with E-state index in [1.165, 1.54) is 0 Å². The van der Waals surface area contributed by atoms with E-state index in [0.717, 1.165) is 25.7 Å². The largest absolute Gasteiger partial charge is 0.388 e. The fraction of sp³-hybridized carbons (Fsp3) is 0.400. The van der Waals surface area contributed by atoms with Crippen LogP contribution in [-0.4, -0.2) is 27.2 Å². The highest BCUT2D eigenvalue weighted by Gasteiger charge is 2.31. The van der Waals surface area contributed by atoms with Crippen LogP contribution in [0, 0.1) is 10.1 Å². The zero-order chi connectivity index (χ0) is 14.9. The Morgan fingerprint density at radius 1 is 1.33 bits per heavy atom. The highest BCUT2D eigenvalue weighted by molar-refractivity contribution is 5.94. The van der Waals surface area contributed by atoms with Crippen molar-refractivity contribution in [3.63, 3.8) is 0 Å². The van der Waals surface area contributed by atoms with Crippen LogP contribution < -0.4 is 5.32 Å². The molecule has 1 aliphatic carbocycles. The topological polar surface area (TPSA) is 88.3 Å². The van der Waals surface area contributed by atoms with Crippen molar-refractivity contribution in [2.45, 2.75) is 31.3 Å². The van der Waals surface area contributed by atoms with Crippen LogP contribution in [0.15, 0.2) is 30.5 Å². The fourth-order valence-corrected chi connectivity index (χ4v) is 2.95. The minimum absolute atomic E-state index is 0.0159. The van der Waals surface area contributed by atoms with Crippen molar-refractivity contribution in [1.29, 1.82) is 0 Å². The molecule has 0 bridgehead atoms. The van der Waals surface area contributed by atoms with Gasteiger partial charge in [0.25, 0.3) is 0 Å². The average Bonchev–Trinajstić information content (AvgIpc) is 2.91. The van der Waals surface area contributed by atoms with E-state index in [0.29, 0.717) is 23.1 Å². The smallest absolute Gasteiger partial charge is 0.301 e. The van der Waals surface area contributed by atoms with E-state index in [2.05, 4.69) is 10.3 Å². The molecule has 1 saturated carbocycles. The van der Waals surface area contributed by atoms with Crippen LogP contribution in [0.4, 0.5) is 11.4 Å². The van der Waals surface area contributed by atoms with Gasteiger partial charge in [-0.2, -0.15) is 0 Å². The Hall–Kier alpha value is -2.21. The summed E-state index contributed by atoms with van der Waals surface area (Å²) in [6.07, 6.45) is 5.09. The second kappa shape index (κ2) is 5.29. The molecule has 1 fully saturated rings. The van der Waals surface area contributed by atoms with E-state index in [4.69, 9.17) is 0 Å². The SMILES string of the molecule is O=[N+]([O-])c1c(NCC2(O)CCCC2)ccc2ncccc12. The molecule has 1 aromatic carbocycles. The molecule has 1 aromatic heterocycles. The second-order valence-corrected chi connectivity index (χ2v) is 5.57. The summed E-state index contributed by atoms with van der Waals surface area (Å²) in [6.45, 7) is 0.333. The number of benzene rings is 1. The first-order chi connectivity index (χ1) is 10.1. The van der Waals surface area contributed by atoms with Crippen molar-refractivity contribution in [2.24, 2.45) is 0 Å². The lowest BCUT2D eigenvalue weighted by Crippen LogP contribution is -2.33. The van der Waals surface area contributed by atoms with Gasteiger partial charge in [0.2, 0.25) is 0 Å². The lowest BCUT2D eigenvalue weighted by Gasteiger charge is -2.23. The molecule has 1 heterocycles. The van der Waals surface area contributed by atoms with Gasteiger partial charge >= 0.3 is 5.69 Å². The van der Waals surface area contributed by atoms with E-state index in [9.17, 15) is 15.2 Å². The number of nitrogens with one attached hydrogen (secondary N) is 1. The Balaban J connectivity index is 1.94. The van der Waals surface area contributed by atoms with Crippen molar-refractivity contribution in [2.75, 3.05) is 11.9 Å². The predicted octanol–water partition coefficient (Wildman–Crippen LogP) is 2.86. The van der Waals surface area contributed by atoms with E-state index < -0.39 is 10.5 Å². The Labute approximate surface area is 122 Å². The van der Waals surface area contributed by atoms with Gasteiger partial charge in [0.1, 0.15) is 5.69 Å². The molecule has 1 aliphatic rings. The maximum absolute atomic E-state index is 11.4. The summed E-state index contributed by atoms with van der Waals surface area (Å²) in [5, 5.41) is 25.3. The summed E-state index contributed by atoms with van der Waals surface area (Å²) in [6, 6.07) is 6.79. The minimum atomic E-state index is -0.752. The highest BCUT2D eigenvalue weighted by atomic mass is 16.6. The Morgan fingerprint density at radius 3 is 2.81 bits per heavy atom. The minimum Gasteiger partial charge on any atom is -0.388 e. The number of anilines is 1. The molecule has 0 spiro atoms. The van der Waals surface area contributed by atoms with E-state index >= 15 is 0 Å². The Morgan fingerprint density at radius 2 is 2.10 bits per heavy atom. The molecule has 0 unspecified atom stereocenters. The average molecular weight is 287 g/mol. The maximum atomic E-state index is 11.4. The number of aromatic nitrogens is 1. The number of nitro benzene ring substituents is 1. The normalized spacial score (nSPS) is 17.0. The first-order valence-electron chi connectivity index (χ1n) is 7.07. The zero-order valence-electron chi connectivity index (χ0n) is 11.6. The number of hydrogen-bond donors (Lipinski definition) is 2. The van der Waals surface area contributed by atoms with Crippen LogP contribution in [0.2, 0.25) is 0 Å². The van der Waals surface area contributed by atoms with Crippen molar-refractivity contribution >= 4 is 22.3 Å². The third-order valence-corrected chi connectivity index (χ3v) is 4.08. The van der Waals surface area contributed by atoms with Gasteiger partial charge in [0.15, 0.2) is 0 Å². The molecule has 0 amide bonds. The molecule has 6 nitrogen and oxygen atoms in total. The predicted molar refractivity (Wildman–Crippen MR) is 80.3 cm³/mol. The third kappa shape index (κ3) is 2.67. The molecule has 0 aliphatic heterocycles. The molecule has 0 atom stereocenters. The van der Waals surface area contributed by atoms with Crippen LogP contribution in [-0.2, 0) is 0 Å². The molecule has 0 radical (unpaired) electrons. The number of hydrogen-bond acceptors (Lipinski definition) is 5. The van der Waals surface area contributed by atoms with Crippen LogP contribution in [0.1, 0.15) is 25.7 Å². The third-order valence-electron chi connectivity index (χ3n) is 4.08. The van der Waals surface area contributed by atoms with Gasteiger partial charge in [-0.15, -0.1) is 0 Å². The van der Waals surface area contributed by atoms with Crippen molar-refractivity contribution in [1.82, 2.24) is 4.98 Å². The number of rotatable bonds is 4. The van der Waals surface area contributed by atoms with Crippen LogP contribution in [0.3, 0.4) is 0 Å². The summed E-state index contributed by atoms with van der Waals surface area (Å²) < 4.78 is 0. The number of nitrogens with zero attached hydrogens (tertiary/aromatic N) is 2. The second-order valence-electron chi connectivity index (χ2n) is 5.57. The van der Waals surface area contributed by atoms with Crippen molar-refractivity contribution in [3.8, 4) is 0 Å². The highest BCUT2D eigenvalue weighted by Crippen LogP contribution is 2.34. The molecule has 0 saturated heterocycles.